The topological polar surface area (TPSA) is 63.4 Å². The van der Waals surface area contributed by atoms with Gasteiger partial charge in [0.2, 0.25) is 0 Å². The first-order valence-corrected chi connectivity index (χ1v) is 7.73. The first-order valence-electron chi connectivity index (χ1n) is 6.96. The van der Waals surface area contributed by atoms with Crippen LogP contribution in [0.3, 0.4) is 0 Å². The predicted molar refractivity (Wildman–Crippen MR) is 83.2 cm³/mol. The lowest BCUT2D eigenvalue weighted by molar-refractivity contribution is 0.245. The summed E-state index contributed by atoms with van der Waals surface area (Å²) >= 11 is 1.36. The first kappa shape index (κ1) is 16.0. The molecule has 1 aromatic rings. The molecule has 0 aliphatic carbocycles. The van der Waals surface area contributed by atoms with Gasteiger partial charge in [-0.3, -0.25) is 0 Å². The highest BCUT2D eigenvalue weighted by Crippen LogP contribution is 2.35. The number of anilines is 2. The SMILES string of the molecule is CCN(CC)CCCNc1snc(N)c1OC(C)C. The molecule has 0 aliphatic rings. The zero-order valence-corrected chi connectivity index (χ0v) is 13.2. The third-order valence-corrected chi connectivity index (χ3v) is 3.66. The molecule has 0 saturated heterocycles. The van der Waals surface area contributed by atoms with E-state index in [-0.39, 0.29) is 6.10 Å². The Morgan fingerprint density at radius 2 is 2.05 bits per heavy atom. The average molecular weight is 286 g/mol. The van der Waals surface area contributed by atoms with E-state index in [1.165, 1.54) is 11.5 Å². The fourth-order valence-corrected chi connectivity index (χ4v) is 2.48. The molecule has 1 rings (SSSR count). The van der Waals surface area contributed by atoms with E-state index in [0.29, 0.717) is 11.6 Å². The number of nitrogens with zero attached hydrogens (tertiary/aromatic N) is 2. The van der Waals surface area contributed by atoms with E-state index in [2.05, 4.69) is 28.4 Å². The summed E-state index contributed by atoms with van der Waals surface area (Å²) < 4.78 is 9.82. The highest BCUT2D eigenvalue weighted by Gasteiger charge is 2.13. The standard InChI is InChI=1S/C13H26N4OS/c1-5-17(6-2)9-7-8-15-13-11(18-10(3)4)12(14)16-19-13/h10,15H,5-9H2,1-4H3,(H2,14,16). The number of aromatic nitrogens is 1. The molecule has 110 valence electrons. The summed E-state index contributed by atoms with van der Waals surface area (Å²) in [4.78, 5) is 2.41. The summed E-state index contributed by atoms with van der Waals surface area (Å²) in [5.41, 5.74) is 5.81. The van der Waals surface area contributed by atoms with Gasteiger partial charge in [-0.05, 0) is 51.4 Å². The number of rotatable bonds is 9. The molecule has 0 fully saturated rings. The average Bonchev–Trinajstić information content (AvgIpc) is 2.71. The number of ether oxygens (including phenoxy) is 1. The normalized spacial score (nSPS) is 11.3. The zero-order chi connectivity index (χ0) is 14.3. The van der Waals surface area contributed by atoms with Crippen molar-refractivity contribution < 1.29 is 4.74 Å². The van der Waals surface area contributed by atoms with Crippen molar-refractivity contribution in [2.45, 2.75) is 40.2 Å². The molecule has 5 nitrogen and oxygen atoms in total. The second-order valence-corrected chi connectivity index (χ2v) is 5.47. The highest BCUT2D eigenvalue weighted by molar-refractivity contribution is 7.11. The number of hydrogen-bond donors (Lipinski definition) is 2. The van der Waals surface area contributed by atoms with Crippen molar-refractivity contribution in [2.75, 3.05) is 37.2 Å². The maximum atomic E-state index is 5.81. The molecule has 19 heavy (non-hydrogen) atoms. The van der Waals surface area contributed by atoms with E-state index in [1.54, 1.807) is 0 Å². The van der Waals surface area contributed by atoms with Gasteiger partial charge in [-0.2, -0.15) is 4.37 Å². The van der Waals surface area contributed by atoms with Crippen LogP contribution in [-0.2, 0) is 0 Å². The maximum absolute atomic E-state index is 5.81. The van der Waals surface area contributed by atoms with Gasteiger partial charge in [-0.25, -0.2) is 0 Å². The van der Waals surface area contributed by atoms with Gasteiger partial charge in [0.15, 0.2) is 16.6 Å². The number of hydrogen-bond acceptors (Lipinski definition) is 6. The summed E-state index contributed by atoms with van der Waals surface area (Å²) in [6, 6.07) is 0. The molecule has 0 atom stereocenters. The lowest BCUT2D eigenvalue weighted by Gasteiger charge is -2.18. The Bertz CT molecular complexity index is 364. The third kappa shape index (κ3) is 5.24. The minimum atomic E-state index is 0.106. The van der Waals surface area contributed by atoms with Crippen LogP contribution in [0.4, 0.5) is 10.8 Å². The molecule has 1 aromatic heterocycles. The first-order chi connectivity index (χ1) is 9.08. The summed E-state index contributed by atoms with van der Waals surface area (Å²) in [7, 11) is 0. The van der Waals surface area contributed by atoms with Gasteiger partial charge in [0.25, 0.3) is 0 Å². The quantitative estimate of drug-likeness (QED) is 0.683. The monoisotopic (exact) mass is 286 g/mol. The van der Waals surface area contributed by atoms with Gasteiger partial charge in [-0.15, -0.1) is 0 Å². The van der Waals surface area contributed by atoms with Crippen molar-refractivity contribution in [1.29, 1.82) is 0 Å². The molecule has 0 bridgehead atoms. The van der Waals surface area contributed by atoms with Gasteiger partial charge >= 0.3 is 0 Å². The maximum Gasteiger partial charge on any atom is 0.197 e. The van der Waals surface area contributed by atoms with E-state index in [9.17, 15) is 0 Å². The number of nitrogens with one attached hydrogen (secondary N) is 1. The lowest BCUT2D eigenvalue weighted by atomic mass is 10.3. The van der Waals surface area contributed by atoms with E-state index in [4.69, 9.17) is 10.5 Å². The van der Waals surface area contributed by atoms with Crippen LogP contribution in [0.1, 0.15) is 34.1 Å². The van der Waals surface area contributed by atoms with E-state index in [1.807, 2.05) is 13.8 Å². The van der Waals surface area contributed by atoms with Crippen LogP contribution in [-0.4, -0.2) is 41.6 Å². The van der Waals surface area contributed by atoms with Crippen molar-refractivity contribution in [3.05, 3.63) is 0 Å². The highest BCUT2D eigenvalue weighted by atomic mass is 32.1. The van der Waals surface area contributed by atoms with Crippen LogP contribution in [0.5, 0.6) is 5.75 Å². The van der Waals surface area contributed by atoms with E-state index < -0.39 is 0 Å². The molecular formula is C13H26N4OS. The van der Waals surface area contributed by atoms with Crippen LogP contribution in [0, 0.1) is 0 Å². The number of nitrogen functional groups attached to an aromatic ring is 1. The third-order valence-electron chi connectivity index (χ3n) is 2.86. The molecule has 3 N–H and O–H groups in total. The second kappa shape index (κ2) is 8.22. The molecular weight excluding hydrogens is 260 g/mol. The van der Waals surface area contributed by atoms with Gasteiger partial charge in [-0.1, -0.05) is 13.8 Å². The van der Waals surface area contributed by atoms with Crippen molar-refractivity contribution >= 4 is 22.4 Å². The summed E-state index contributed by atoms with van der Waals surface area (Å²) in [6.45, 7) is 12.6. The Labute approximate surface area is 120 Å². The Morgan fingerprint density at radius 1 is 1.37 bits per heavy atom. The second-order valence-electron chi connectivity index (χ2n) is 4.70. The molecule has 0 aromatic carbocycles. The molecule has 0 amide bonds. The van der Waals surface area contributed by atoms with Gasteiger partial charge in [0.1, 0.15) is 0 Å². The summed E-state index contributed by atoms with van der Waals surface area (Å²) in [6.07, 6.45) is 1.20. The minimum absolute atomic E-state index is 0.106. The lowest BCUT2D eigenvalue weighted by Crippen LogP contribution is -2.25. The molecule has 1 heterocycles. The van der Waals surface area contributed by atoms with Crippen LogP contribution in [0.15, 0.2) is 0 Å². The molecule has 0 radical (unpaired) electrons. The van der Waals surface area contributed by atoms with Crippen LogP contribution in [0.25, 0.3) is 0 Å². The Balaban J connectivity index is 2.41. The fraction of sp³-hybridized carbons (Fsp3) is 0.769. The summed E-state index contributed by atoms with van der Waals surface area (Å²) in [5, 5.41) is 4.30. The number of nitrogens with two attached hydrogens (primary N) is 1. The Hall–Kier alpha value is -1.01. The molecule has 0 spiro atoms. The van der Waals surface area contributed by atoms with Gasteiger partial charge in [0.05, 0.1) is 6.10 Å². The van der Waals surface area contributed by atoms with Crippen molar-refractivity contribution in [1.82, 2.24) is 9.27 Å². The zero-order valence-electron chi connectivity index (χ0n) is 12.4. The van der Waals surface area contributed by atoms with Crippen molar-refractivity contribution in [2.24, 2.45) is 0 Å². The van der Waals surface area contributed by atoms with Gasteiger partial charge in [0, 0.05) is 6.54 Å². The van der Waals surface area contributed by atoms with Crippen LogP contribution >= 0.6 is 11.5 Å². The Morgan fingerprint density at radius 3 is 2.63 bits per heavy atom. The summed E-state index contributed by atoms with van der Waals surface area (Å²) in [5.74, 6) is 1.17. The van der Waals surface area contributed by atoms with Crippen molar-refractivity contribution in [3.63, 3.8) is 0 Å². The molecule has 6 heteroatoms. The largest absolute Gasteiger partial charge is 0.484 e. The Kier molecular flexibility index (Phi) is 6.94. The van der Waals surface area contributed by atoms with Gasteiger partial charge < -0.3 is 20.7 Å². The minimum Gasteiger partial charge on any atom is -0.484 e. The smallest absolute Gasteiger partial charge is 0.197 e. The molecule has 0 aliphatic heterocycles. The van der Waals surface area contributed by atoms with Crippen molar-refractivity contribution in [3.8, 4) is 5.75 Å². The van der Waals surface area contributed by atoms with E-state index >= 15 is 0 Å². The van der Waals surface area contributed by atoms with E-state index in [0.717, 1.165) is 37.6 Å². The fourth-order valence-electron chi connectivity index (χ4n) is 1.80. The predicted octanol–water partition coefficient (Wildman–Crippen LogP) is 2.66. The van der Waals surface area contributed by atoms with Crippen LogP contribution < -0.4 is 15.8 Å². The molecule has 0 saturated carbocycles. The molecule has 0 unspecified atom stereocenters. The van der Waals surface area contributed by atoms with Crippen LogP contribution in [0.2, 0.25) is 0 Å².